The number of ether oxygens (including phenoxy) is 2. The van der Waals surface area contributed by atoms with Gasteiger partial charge in [-0.2, -0.15) is 0 Å². The van der Waals surface area contributed by atoms with Crippen LogP contribution < -0.4 is 113 Å². The van der Waals surface area contributed by atoms with Gasteiger partial charge in [0.2, 0.25) is 11.8 Å². The van der Waals surface area contributed by atoms with E-state index in [0.29, 0.717) is 27.7 Å². The number of hydrogen-bond acceptors (Lipinski definition) is 11. The van der Waals surface area contributed by atoms with Crippen molar-refractivity contribution in [2.45, 2.75) is 83.3 Å². The number of ketones is 1. The molecule has 0 radical (unpaired) electrons. The number of amides is 5. The minimum Gasteiger partial charge on any atom is -1.00 e. The van der Waals surface area contributed by atoms with E-state index in [1.807, 2.05) is 0 Å². The van der Waals surface area contributed by atoms with Gasteiger partial charge in [-0.15, -0.1) is 11.6 Å². The van der Waals surface area contributed by atoms with Crippen LogP contribution in [0.25, 0.3) is 0 Å². The Bertz CT molecular complexity index is 2720. The fourth-order valence-electron chi connectivity index (χ4n) is 8.01. The molecule has 0 saturated carbocycles. The van der Waals surface area contributed by atoms with Crippen LogP contribution in [-0.4, -0.2) is 123 Å². The first kappa shape index (κ1) is 66.1. The summed E-state index contributed by atoms with van der Waals surface area (Å²) >= 11 is 17.8. The third-order valence-corrected chi connectivity index (χ3v) is 12.2. The van der Waals surface area contributed by atoms with E-state index in [2.05, 4.69) is 4.89 Å². The van der Waals surface area contributed by atoms with Gasteiger partial charge in [-0.25, -0.2) is 27.2 Å². The summed E-state index contributed by atoms with van der Waals surface area (Å²) in [6.45, 7) is 9.30. The van der Waals surface area contributed by atoms with Crippen molar-refractivity contribution in [2.24, 2.45) is 0 Å². The van der Waals surface area contributed by atoms with Crippen molar-refractivity contribution >= 4 is 82.7 Å². The van der Waals surface area contributed by atoms with Gasteiger partial charge in [0.1, 0.15) is 52.4 Å². The van der Waals surface area contributed by atoms with E-state index in [0.717, 1.165) is 28.7 Å². The van der Waals surface area contributed by atoms with Crippen LogP contribution >= 0.6 is 34.8 Å². The third-order valence-electron chi connectivity index (χ3n) is 11.4. The second-order valence-corrected chi connectivity index (χ2v) is 20.2. The number of rotatable bonds is 11. The standard InChI is InChI=1S/C25H26Cl2F2N2O4.C24H24ClF2N3O4.CH2O3.2K.H/c1-24(2,3)35-23(34)30-14-25(15-30,21(32)10-17-6-9-19(28)11-20(17)29)31(22(33)12-26)13-16-4-7-18(27)8-5-16;1-23(2,3)34-22(33)28-13-24(14-28)21(32)29(19-9-8-17(26)10-18(19)27)12-20(31)30(24)11-15-4-6-16(25)7-5-15;2-1-4-3;;;/h4-9,11H,10,12-15H2,1-3H3;4-10H,11-14H2,1-3H3;1,3H;;;/q;;;2*+1;-1/p-1. The van der Waals surface area contributed by atoms with E-state index in [9.17, 15) is 46.3 Å². The fourth-order valence-corrected chi connectivity index (χ4v) is 8.41. The van der Waals surface area contributed by atoms with Gasteiger partial charge in [-0.05, 0) is 101 Å². The first-order valence-electron chi connectivity index (χ1n) is 22.2. The molecule has 4 aromatic rings. The molecule has 3 heterocycles. The van der Waals surface area contributed by atoms with Crippen molar-refractivity contribution in [3.8, 4) is 0 Å². The number of piperazine rings is 1. The smallest absolute Gasteiger partial charge is 1.00 e. The maximum absolute atomic E-state index is 14.5. The molecule has 3 saturated heterocycles. The fraction of sp³-hybridized carbons (Fsp3) is 0.380. The van der Waals surface area contributed by atoms with Crippen LogP contribution in [0.15, 0.2) is 84.9 Å². The van der Waals surface area contributed by atoms with Crippen LogP contribution in [0.5, 0.6) is 0 Å². The summed E-state index contributed by atoms with van der Waals surface area (Å²) in [7, 11) is 0. The maximum Gasteiger partial charge on any atom is 1.00 e. The summed E-state index contributed by atoms with van der Waals surface area (Å²) in [6, 6.07) is 19.3. The molecule has 7 rings (SSSR count). The maximum atomic E-state index is 14.5. The van der Waals surface area contributed by atoms with Crippen molar-refractivity contribution in [3.63, 3.8) is 0 Å². The quantitative estimate of drug-likeness (QED) is 0.0530. The average molecular weight is 1160 g/mol. The molecule has 25 heteroatoms. The molecular weight excluding hydrogens is 1110 g/mol. The van der Waals surface area contributed by atoms with E-state index in [1.165, 1.54) is 25.7 Å². The molecule has 0 aliphatic carbocycles. The Morgan fingerprint density at radius 1 is 0.733 bits per heavy atom. The average Bonchev–Trinajstić information content (AvgIpc) is 3.27. The molecular formula is C50H52Cl3F4K2N5O11. The van der Waals surface area contributed by atoms with Crippen LogP contribution in [0.4, 0.5) is 32.8 Å². The zero-order valence-corrected chi connectivity index (χ0v) is 50.9. The topological polar surface area (TPSA) is 186 Å². The molecule has 0 N–H and O–H groups in total. The normalized spacial score (nSPS) is 15.2. The molecule has 75 heavy (non-hydrogen) atoms. The SMILES string of the molecule is CC(C)(C)OC(=O)N1CC(C(=O)Cc2ccc(F)cc2F)(N(Cc2ccc(Cl)cc2)C(=O)CCl)C1.CC(C)(C)OC(=O)N1CC2(C1)C(=O)N(c1ccc(F)cc1F)CC(=O)N2Cc1ccc(Cl)cc1.O=CO[O-].[H-].[K+].[K+]. The molecule has 1 spiro atoms. The summed E-state index contributed by atoms with van der Waals surface area (Å²) in [4.78, 5) is 96.3. The van der Waals surface area contributed by atoms with Gasteiger partial charge in [-0.1, -0.05) is 53.5 Å². The summed E-state index contributed by atoms with van der Waals surface area (Å²) in [5.74, 6) is -5.80. The van der Waals surface area contributed by atoms with E-state index in [-0.39, 0.29) is 161 Å². The number of likely N-dealkylation sites (tertiary alicyclic amines) is 2. The van der Waals surface area contributed by atoms with Gasteiger partial charge in [0.15, 0.2) is 11.3 Å². The van der Waals surface area contributed by atoms with Gasteiger partial charge >= 0.3 is 115 Å². The number of Topliss-reactive ketones (excluding diaryl/α,β-unsaturated/α-hetero) is 1. The molecule has 3 fully saturated rings. The Morgan fingerprint density at radius 3 is 1.65 bits per heavy atom. The Balaban J connectivity index is 0.000000468. The van der Waals surface area contributed by atoms with Gasteiger partial charge in [0.25, 0.3) is 12.4 Å². The van der Waals surface area contributed by atoms with Crippen molar-refractivity contribution in [3.05, 3.63) is 135 Å². The van der Waals surface area contributed by atoms with Crippen LogP contribution in [0.3, 0.4) is 0 Å². The number of anilines is 1. The predicted molar refractivity (Wildman–Crippen MR) is 258 cm³/mol. The molecule has 3 aliphatic heterocycles. The molecule has 5 amide bonds. The molecule has 0 bridgehead atoms. The second-order valence-electron chi connectivity index (χ2n) is 19.1. The van der Waals surface area contributed by atoms with Crippen molar-refractivity contribution in [1.29, 1.82) is 0 Å². The number of carbonyl (C=O) groups is 7. The minimum absolute atomic E-state index is 0. The van der Waals surface area contributed by atoms with E-state index >= 15 is 0 Å². The molecule has 16 nitrogen and oxygen atoms in total. The van der Waals surface area contributed by atoms with Crippen LogP contribution in [0, 0.1) is 23.3 Å². The summed E-state index contributed by atoms with van der Waals surface area (Å²) < 4.78 is 66.4. The van der Waals surface area contributed by atoms with Gasteiger partial charge in [0.05, 0.1) is 31.9 Å². The first-order chi connectivity index (χ1) is 34.1. The first-order valence-corrected chi connectivity index (χ1v) is 23.5. The summed E-state index contributed by atoms with van der Waals surface area (Å²) in [5, 5.41) is 9.46. The summed E-state index contributed by atoms with van der Waals surface area (Å²) in [6.07, 6.45) is -1.66. The molecule has 4 aromatic carbocycles. The van der Waals surface area contributed by atoms with Crippen LogP contribution in [-0.2, 0) is 57.8 Å². The summed E-state index contributed by atoms with van der Waals surface area (Å²) in [5.41, 5.74) is -3.16. The molecule has 0 unspecified atom stereocenters. The second kappa shape index (κ2) is 28.1. The Morgan fingerprint density at radius 2 is 1.20 bits per heavy atom. The van der Waals surface area contributed by atoms with Gasteiger partial charge in [0, 0.05) is 41.7 Å². The van der Waals surface area contributed by atoms with Gasteiger partial charge in [-0.3, -0.25) is 28.9 Å². The monoisotopic (exact) mass is 1160 g/mol. The molecule has 3 aliphatic rings. The van der Waals surface area contributed by atoms with E-state index in [1.54, 1.807) is 90.1 Å². The largest absolute Gasteiger partial charge is 1.00 e. The van der Waals surface area contributed by atoms with E-state index < -0.39 is 100 Å². The third kappa shape index (κ3) is 17.1. The Labute approximate surface area is 532 Å². The zero-order valence-electron chi connectivity index (χ0n) is 43.4. The number of carbonyl (C=O) groups excluding carboxylic acids is 7. The number of hydrogen-bond donors (Lipinski definition) is 0. The minimum atomic E-state index is -1.47. The zero-order chi connectivity index (χ0) is 54.2. The van der Waals surface area contributed by atoms with Crippen molar-refractivity contribution in [1.82, 2.24) is 19.6 Å². The molecule has 0 atom stereocenters. The number of alkyl halides is 1. The number of benzene rings is 4. The number of halogens is 7. The Hall–Kier alpha value is -3.21. The molecule has 394 valence electrons. The van der Waals surface area contributed by atoms with E-state index in [4.69, 9.17) is 54.3 Å². The number of nitrogens with zero attached hydrogens (tertiary/aromatic N) is 5. The van der Waals surface area contributed by atoms with Crippen LogP contribution in [0.1, 0.15) is 59.7 Å². The molecule has 0 aromatic heterocycles. The van der Waals surface area contributed by atoms with Crippen LogP contribution in [0.2, 0.25) is 10.0 Å². The van der Waals surface area contributed by atoms with Gasteiger partial charge < -0.3 is 40.6 Å². The van der Waals surface area contributed by atoms with Crippen molar-refractivity contribution < 1.29 is 175 Å². The predicted octanol–water partition coefficient (Wildman–Crippen LogP) is 1.53. The Kier molecular flexibility index (Phi) is 24.7. The van der Waals surface area contributed by atoms with Crippen molar-refractivity contribution in [2.75, 3.05) is 43.5 Å².